The molecule has 2 aromatic carbocycles. The van der Waals surface area contributed by atoms with E-state index < -0.39 is 0 Å². The van der Waals surface area contributed by atoms with Gasteiger partial charge in [0, 0.05) is 17.6 Å². The number of pyridine rings is 1. The summed E-state index contributed by atoms with van der Waals surface area (Å²) in [7, 11) is 0. The van der Waals surface area contributed by atoms with Gasteiger partial charge in [-0.25, -0.2) is 14.8 Å². The van der Waals surface area contributed by atoms with E-state index in [1.807, 2.05) is 36.1 Å². The topological polar surface area (TPSA) is 59.0 Å². The Balaban J connectivity index is 1.63. The zero-order chi connectivity index (χ0) is 18.6. The molecule has 4 rings (SSSR count). The van der Waals surface area contributed by atoms with Crippen LogP contribution in [0.2, 0.25) is 0 Å². The van der Waals surface area contributed by atoms with Crippen LogP contribution in [0.3, 0.4) is 0 Å². The predicted octanol–water partition coefficient (Wildman–Crippen LogP) is 3.81. The molecular formula is C21H22N4O2. The molecule has 0 amide bonds. The molecule has 1 aliphatic heterocycles. The Morgan fingerprint density at radius 3 is 2.74 bits per heavy atom. The van der Waals surface area contributed by atoms with Crippen molar-refractivity contribution in [3.05, 3.63) is 71.4 Å². The van der Waals surface area contributed by atoms with Crippen LogP contribution in [-0.2, 0) is 16.3 Å². The smallest absolute Gasteiger partial charge is 0.203 e. The van der Waals surface area contributed by atoms with E-state index in [1.165, 1.54) is 11.1 Å². The molecule has 6 heteroatoms. The maximum Gasteiger partial charge on any atom is 0.203 e. The Morgan fingerprint density at radius 2 is 1.89 bits per heavy atom. The molecule has 0 aliphatic carbocycles. The number of aromatic nitrogens is 1. The molecule has 27 heavy (non-hydrogen) atoms. The summed E-state index contributed by atoms with van der Waals surface area (Å²) in [5.41, 5.74) is 5.24. The Labute approximate surface area is 158 Å². The minimum atomic E-state index is 0.248. The van der Waals surface area contributed by atoms with Crippen LogP contribution in [-0.4, -0.2) is 29.3 Å². The Bertz CT molecular complexity index is 970. The minimum absolute atomic E-state index is 0.248. The van der Waals surface area contributed by atoms with E-state index in [1.54, 1.807) is 0 Å². The van der Waals surface area contributed by atoms with Crippen LogP contribution < -0.4 is 5.32 Å². The average molecular weight is 362 g/mol. The second-order valence-electron chi connectivity index (χ2n) is 6.63. The van der Waals surface area contributed by atoms with Crippen molar-refractivity contribution in [2.24, 2.45) is 4.99 Å². The molecule has 1 fully saturated rings. The number of nitrogens with one attached hydrogen (secondary N) is 1. The molecule has 6 nitrogen and oxygen atoms in total. The van der Waals surface area contributed by atoms with Gasteiger partial charge >= 0.3 is 0 Å². The molecule has 0 saturated carbocycles. The van der Waals surface area contributed by atoms with E-state index in [9.17, 15) is 0 Å². The Hall–Kier alpha value is -2.96. The number of rotatable bonds is 3. The van der Waals surface area contributed by atoms with Crippen molar-refractivity contribution in [1.29, 1.82) is 0 Å². The summed E-state index contributed by atoms with van der Waals surface area (Å²) in [5.74, 6) is 0.715. The summed E-state index contributed by atoms with van der Waals surface area (Å²) in [6.45, 7) is 5.29. The Morgan fingerprint density at radius 1 is 1.04 bits per heavy atom. The maximum atomic E-state index is 5.23. The van der Waals surface area contributed by atoms with Crippen LogP contribution in [0.15, 0.2) is 59.6 Å². The van der Waals surface area contributed by atoms with E-state index in [2.05, 4.69) is 47.6 Å². The summed E-state index contributed by atoms with van der Waals surface area (Å²) >= 11 is 0. The number of nitrogens with zero attached hydrogens (tertiary/aromatic N) is 3. The van der Waals surface area contributed by atoms with Crippen LogP contribution in [0.1, 0.15) is 16.8 Å². The number of benzene rings is 2. The molecule has 0 radical (unpaired) electrons. The SMILES string of the molecule is Cc1ccc(CN2COOCN/C2=N\c2ccc3nc(C)ccc3c2)cc1. The van der Waals surface area contributed by atoms with Gasteiger partial charge in [-0.1, -0.05) is 35.9 Å². The lowest BCUT2D eigenvalue weighted by Crippen LogP contribution is -2.39. The standard InChI is InChI=1S/C21H22N4O2/c1-15-3-6-17(7-4-15)12-25-14-27-26-13-22-21(25)24-19-9-10-20-18(11-19)8-5-16(2)23-20/h3-11H,12-14H2,1-2H3,(H,22,24). The quantitative estimate of drug-likeness (QED) is 0.718. The lowest BCUT2D eigenvalue weighted by molar-refractivity contribution is -0.305. The summed E-state index contributed by atoms with van der Waals surface area (Å²) < 4.78 is 0. The van der Waals surface area contributed by atoms with Gasteiger partial charge in [-0.2, -0.15) is 0 Å². The first-order chi connectivity index (χ1) is 13.2. The molecule has 2 heterocycles. The number of hydrogen-bond donors (Lipinski definition) is 1. The van der Waals surface area contributed by atoms with Gasteiger partial charge in [-0.3, -0.25) is 4.98 Å². The fraction of sp³-hybridized carbons (Fsp3) is 0.238. The molecule has 1 aromatic heterocycles. The van der Waals surface area contributed by atoms with E-state index in [4.69, 9.17) is 14.8 Å². The van der Waals surface area contributed by atoms with Crippen LogP contribution in [0.25, 0.3) is 10.9 Å². The summed E-state index contributed by atoms with van der Waals surface area (Å²) in [5, 5.41) is 4.25. The number of fused-ring (bicyclic) bond motifs is 1. The second kappa shape index (κ2) is 7.73. The molecular weight excluding hydrogens is 340 g/mol. The zero-order valence-electron chi connectivity index (χ0n) is 15.5. The zero-order valence-corrected chi connectivity index (χ0v) is 15.5. The van der Waals surface area contributed by atoms with E-state index in [0.29, 0.717) is 19.2 Å². The largest absolute Gasteiger partial charge is 0.330 e. The van der Waals surface area contributed by atoms with Crippen molar-refractivity contribution < 1.29 is 9.78 Å². The van der Waals surface area contributed by atoms with Crippen LogP contribution >= 0.6 is 0 Å². The van der Waals surface area contributed by atoms with Gasteiger partial charge in [0.2, 0.25) is 5.96 Å². The van der Waals surface area contributed by atoms with Gasteiger partial charge in [0.05, 0.1) is 11.2 Å². The monoisotopic (exact) mass is 362 g/mol. The first-order valence-corrected chi connectivity index (χ1v) is 8.92. The fourth-order valence-corrected chi connectivity index (χ4v) is 2.96. The lowest BCUT2D eigenvalue weighted by atomic mass is 10.1. The van der Waals surface area contributed by atoms with Crippen molar-refractivity contribution >= 4 is 22.5 Å². The van der Waals surface area contributed by atoms with Crippen LogP contribution in [0.5, 0.6) is 0 Å². The van der Waals surface area contributed by atoms with E-state index >= 15 is 0 Å². The summed E-state index contributed by atoms with van der Waals surface area (Å²) in [6.07, 6.45) is 0. The molecule has 3 aromatic rings. The van der Waals surface area contributed by atoms with E-state index in [-0.39, 0.29) is 6.73 Å². The second-order valence-corrected chi connectivity index (χ2v) is 6.63. The highest BCUT2D eigenvalue weighted by molar-refractivity contribution is 5.86. The highest BCUT2D eigenvalue weighted by Gasteiger charge is 2.16. The van der Waals surface area contributed by atoms with E-state index in [0.717, 1.165) is 22.3 Å². The van der Waals surface area contributed by atoms with Crippen molar-refractivity contribution in [3.63, 3.8) is 0 Å². The number of aryl methyl sites for hydroxylation is 2. The third-order valence-corrected chi connectivity index (χ3v) is 4.42. The molecule has 138 valence electrons. The van der Waals surface area contributed by atoms with Crippen molar-refractivity contribution in [3.8, 4) is 0 Å². The van der Waals surface area contributed by atoms with Crippen LogP contribution in [0.4, 0.5) is 5.69 Å². The molecule has 1 aliphatic rings. The third-order valence-electron chi connectivity index (χ3n) is 4.42. The van der Waals surface area contributed by atoms with Crippen molar-refractivity contribution in [1.82, 2.24) is 15.2 Å². The summed E-state index contributed by atoms with van der Waals surface area (Å²) in [6, 6.07) is 18.5. The highest BCUT2D eigenvalue weighted by Crippen LogP contribution is 2.21. The Kier molecular flexibility index (Phi) is 5.00. The van der Waals surface area contributed by atoms with Crippen LogP contribution in [0, 0.1) is 13.8 Å². The van der Waals surface area contributed by atoms with Gasteiger partial charge < -0.3 is 10.2 Å². The van der Waals surface area contributed by atoms with Gasteiger partial charge in [0.1, 0.15) is 0 Å². The van der Waals surface area contributed by atoms with Gasteiger partial charge in [0.15, 0.2) is 13.5 Å². The highest BCUT2D eigenvalue weighted by atomic mass is 17.2. The van der Waals surface area contributed by atoms with Crippen molar-refractivity contribution in [2.45, 2.75) is 20.4 Å². The van der Waals surface area contributed by atoms with Gasteiger partial charge in [-0.15, -0.1) is 0 Å². The molecule has 0 atom stereocenters. The first kappa shape index (κ1) is 17.5. The van der Waals surface area contributed by atoms with Crippen molar-refractivity contribution in [2.75, 3.05) is 13.5 Å². The molecule has 0 unspecified atom stereocenters. The third kappa shape index (κ3) is 4.24. The molecule has 0 spiro atoms. The molecule has 1 saturated heterocycles. The maximum absolute atomic E-state index is 5.23. The number of hydrogen-bond acceptors (Lipinski definition) is 4. The average Bonchev–Trinajstić information content (AvgIpc) is 2.89. The summed E-state index contributed by atoms with van der Waals surface area (Å²) in [4.78, 5) is 21.7. The lowest BCUT2D eigenvalue weighted by Gasteiger charge is -2.22. The molecule has 1 N–H and O–H groups in total. The van der Waals surface area contributed by atoms with Gasteiger partial charge in [-0.05, 0) is 43.7 Å². The minimum Gasteiger partial charge on any atom is -0.330 e. The van der Waals surface area contributed by atoms with Gasteiger partial charge in [0.25, 0.3) is 0 Å². The first-order valence-electron chi connectivity index (χ1n) is 8.92. The molecule has 0 bridgehead atoms. The fourth-order valence-electron chi connectivity index (χ4n) is 2.96. The predicted molar refractivity (Wildman–Crippen MR) is 105 cm³/mol. The normalized spacial score (nSPS) is 16.4. The number of aliphatic imine (C=N–C) groups is 1. The number of guanidine groups is 1.